The summed E-state index contributed by atoms with van der Waals surface area (Å²) >= 11 is 0. The third-order valence-electron chi connectivity index (χ3n) is 6.34. The first kappa shape index (κ1) is 29.4. The summed E-state index contributed by atoms with van der Waals surface area (Å²) < 4.78 is 26.6. The van der Waals surface area contributed by atoms with E-state index in [0.29, 0.717) is 5.69 Å². The second kappa shape index (κ2) is 11.9. The van der Waals surface area contributed by atoms with Crippen LogP contribution in [0.1, 0.15) is 64.7 Å². The molecule has 0 saturated carbocycles. The molecule has 0 saturated heterocycles. The molecule has 0 radical (unpaired) electrons. The molecule has 0 aromatic heterocycles. The number of amides is 2. The van der Waals surface area contributed by atoms with Crippen molar-refractivity contribution in [1.82, 2.24) is 10.2 Å². The van der Waals surface area contributed by atoms with E-state index in [1.54, 1.807) is 19.1 Å². The van der Waals surface area contributed by atoms with Crippen molar-refractivity contribution >= 4 is 27.5 Å². The number of hydrogen-bond donors (Lipinski definition) is 1. The molecule has 7 nitrogen and oxygen atoms in total. The maximum Gasteiger partial charge on any atom is 0.244 e. The van der Waals surface area contributed by atoms with Gasteiger partial charge in [-0.05, 0) is 55.9 Å². The summed E-state index contributed by atoms with van der Waals surface area (Å²) in [5.74, 6) is -0.724. The number of nitrogens with zero attached hydrogens (tertiary/aromatic N) is 2. The molecule has 0 heterocycles. The lowest BCUT2D eigenvalue weighted by Gasteiger charge is -2.32. The zero-order chi connectivity index (χ0) is 27.3. The zero-order valence-corrected chi connectivity index (χ0v) is 23.6. The summed E-state index contributed by atoms with van der Waals surface area (Å²) in [7, 11) is -3.76. The lowest BCUT2D eigenvalue weighted by Crippen LogP contribution is -2.52. The van der Waals surface area contributed by atoms with Crippen LogP contribution in [0.15, 0.2) is 48.5 Å². The second-order valence-corrected chi connectivity index (χ2v) is 12.5. The molecular formula is C28H41N3O4S. The predicted octanol–water partition coefficient (Wildman–Crippen LogP) is 4.39. The van der Waals surface area contributed by atoms with Crippen molar-refractivity contribution in [3.63, 3.8) is 0 Å². The molecule has 1 N–H and O–H groups in total. The number of aryl methyl sites for hydroxylation is 1. The Morgan fingerprint density at radius 1 is 0.972 bits per heavy atom. The van der Waals surface area contributed by atoms with E-state index in [-0.39, 0.29) is 23.9 Å². The van der Waals surface area contributed by atoms with E-state index in [9.17, 15) is 18.0 Å². The number of nitrogens with one attached hydrogen (secondary N) is 1. The van der Waals surface area contributed by atoms with Gasteiger partial charge in [-0.25, -0.2) is 8.42 Å². The molecule has 198 valence electrons. The van der Waals surface area contributed by atoms with E-state index < -0.39 is 28.5 Å². The first-order valence-corrected chi connectivity index (χ1v) is 14.2. The number of benzene rings is 2. The molecular weight excluding hydrogens is 474 g/mol. The molecule has 2 rings (SSSR count). The van der Waals surface area contributed by atoms with Gasteiger partial charge in [-0.3, -0.25) is 13.9 Å². The lowest BCUT2D eigenvalue weighted by molar-refractivity contribution is -0.139. The van der Waals surface area contributed by atoms with Gasteiger partial charge in [-0.2, -0.15) is 0 Å². The van der Waals surface area contributed by atoms with Crippen molar-refractivity contribution in [3.05, 3.63) is 65.2 Å². The van der Waals surface area contributed by atoms with Crippen LogP contribution in [-0.4, -0.2) is 50.0 Å². The Morgan fingerprint density at radius 2 is 1.53 bits per heavy atom. The van der Waals surface area contributed by atoms with Gasteiger partial charge in [-0.15, -0.1) is 0 Å². The Bertz CT molecular complexity index is 1140. The van der Waals surface area contributed by atoms with Gasteiger partial charge in [0.25, 0.3) is 0 Å². The fourth-order valence-corrected chi connectivity index (χ4v) is 4.53. The SMILES string of the molecule is CC[C@H](C)NC(=O)[C@H](C)N(Cc1ccc(C)cc1)C(=O)CN(c1ccc(C(C)(C)C)cc1)S(C)(=O)=O. The third kappa shape index (κ3) is 8.08. The second-order valence-electron chi connectivity index (χ2n) is 10.6. The molecule has 0 spiro atoms. The van der Waals surface area contributed by atoms with Crippen molar-refractivity contribution in [2.24, 2.45) is 0 Å². The van der Waals surface area contributed by atoms with E-state index in [0.717, 1.165) is 33.7 Å². The lowest BCUT2D eigenvalue weighted by atomic mass is 9.87. The van der Waals surface area contributed by atoms with Gasteiger partial charge >= 0.3 is 0 Å². The van der Waals surface area contributed by atoms with E-state index in [1.807, 2.05) is 57.2 Å². The molecule has 2 aromatic carbocycles. The van der Waals surface area contributed by atoms with Crippen LogP contribution in [0.25, 0.3) is 0 Å². The highest BCUT2D eigenvalue weighted by atomic mass is 32.2. The van der Waals surface area contributed by atoms with Crippen LogP contribution < -0.4 is 9.62 Å². The van der Waals surface area contributed by atoms with Crippen LogP contribution in [0.4, 0.5) is 5.69 Å². The van der Waals surface area contributed by atoms with E-state index in [4.69, 9.17) is 0 Å². The maximum atomic E-state index is 13.6. The highest BCUT2D eigenvalue weighted by Gasteiger charge is 2.30. The highest BCUT2D eigenvalue weighted by Crippen LogP contribution is 2.26. The van der Waals surface area contributed by atoms with Crippen molar-refractivity contribution < 1.29 is 18.0 Å². The smallest absolute Gasteiger partial charge is 0.244 e. The minimum absolute atomic E-state index is 0.0369. The van der Waals surface area contributed by atoms with Gasteiger partial charge in [0.1, 0.15) is 12.6 Å². The monoisotopic (exact) mass is 515 g/mol. The number of sulfonamides is 1. The van der Waals surface area contributed by atoms with Gasteiger partial charge in [0.2, 0.25) is 21.8 Å². The summed E-state index contributed by atoms with van der Waals surface area (Å²) in [4.78, 5) is 28.0. The fourth-order valence-electron chi connectivity index (χ4n) is 3.68. The van der Waals surface area contributed by atoms with Gasteiger partial charge in [0, 0.05) is 12.6 Å². The van der Waals surface area contributed by atoms with Crippen LogP contribution >= 0.6 is 0 Å². The van der Waals surface area contributed by atoms with Crippen LogP contribution in [-0.2, 0) is 31.6 Å². The van der Waals surface area contributed by atoms with Crippen LogP contribution in [0.2, 0.25) is 0 Å². The molecule has 0 bridgehead atoms. The quantitative estimate of drug-likeness (QED) is 0.508. The minimum atomic E-state index is -3.76. The molecule has 0 aliphatic heterocycles. The minimum Gasteiger partial charge on any atom is -0.352 e. The normalized spacial score (nSPS) is 13.6. The van der Waals surface area contributed by atoms with Gasteiger partial charge in [-0.1, -0.05) is 69.7 Å². The first-order chi connectivity index (χ1) is 16.6. The molecule has 2 amide bonds. The number of carbonyl (C=O) groups excluding carboxylic acids is 2. The van der Waals surface area contributed by atoms with Crippen LogP contribution in [0, 0.1) is 6.92 Å². The van der Waals surface area contributed by atoms with Crippen molar-refractivity contribution in [2.45, 2.75) is 78.9 Å². The number of hydrogen-bond acceptors (Lipinski definition) is 4. The van der Waals surface area contributed by atoms with Gasteiger partial charge in [0.05, 0.1) is 11.9 Å². The Morgan fingerprint density at radius 3 is 2.00 bits per heavy atom. The standard InChI is InChI=1S/C28H41N3O4S/c1-9-21(3)29-27(33)22(4)30(18-23-12-10-20(2)11-13-23)26(32)19-31(36(8,34)35)25-16-14-24(15-17-25)28(5,6)7/h10-17,21-22H,9,18-19H2,1-8H3,(H,29,33)/t21-,22-/m0/s1. The summed E-state index contributed by atoms with van der Waals surface area (Å²) in [5, 5.41) is 2.93. The average Bonchev–Trinajstić information content (AvgIpc) is 2.80. The number of anilines is 1. The number of rotatable bonds is 10. The molecule has 0 unspecified atom stereocenters. The highest BCUT2D eigenvalue weighted by molar-refractivity contribution is 7.92. The predicted molar refractivity (Wildman–Crippen MR) is 146 cm³/mol. The summed E-state index contributed by atoms with van der Waals surface area (Å²) in [5.41, 5.74) is 3.32. The summed E-state index contributed by atoms with van der Waals surface area (Å²) in [6.07, 6.45) is 1.85. The van der Waals surface area contributed by atoms with Gasteiger partial charge < -0.3 is 10.2 Å². The fraction of sp³-hybridized carbons (Fsp3) is 0.500. The van der Waals surface area contributed by atoms with Crippen molar-refractivity contribution in [3.8, 4) is 0 Å². The molecule has 8 heteroatoms. The van der Waals surface area contributed by atoms with E-state index in [2.05, 4.69) is 26.1 Å². The summed E-state index contributed by atoms with van der Waals surface area (Å²) in [6.45, 7) is 13.5. The third-order valence-corrected chi connectivity index (χ3v) is 7.48. The average molecular weight is 516 g/mol. The summed E-state index contributed by atoms with van der Waals surface area (Å²) in [6, 6.07) is 14.1. The number of carbonyl (C=O) groups is 2. The topological polar surface area (TPSA) is 86.8 Å². The van der Waals surface area contributed by atoms with E-state index >= 15 is 0 Å². The molecule has 2 aromatic rings. The Balaban J connectivity index is 2.39. The Kier molecular flexibility index (Phi) is 9.71. The first-order valence-electron chi connectivity index (χ1n) is 12.4. The van der Waals surface area contributed by atoms with Crippen LogP contribution in [0.3, 0.4) is 0 Å². The molecule has 36 heavy (non-hydrogen) atoms. The Labute approximate surface area is 216 Å². The van der Waals surface area contributed by atoms with Crippen molar-refractivity contribution in [2.75, 3.05) is 17.1 Å². The van der Waals surface area contributed by atoms with Crippen LogP contribution in [0.5, 0.6) is 0 Å². The largest absolute Gasteiger partial charge is 0.352 e. The maximum absolute atomic E-state index is 13.6. The van der Waals surface area contributed by atoms with Gasteiger partial charge in [0.15, 0.2) is 0 Å². The molecule has 0 aliphatic carbocycles. The zero-order valence-electron chi connectivity index (χ0n) is 22.8. The van der Waals surface area contributed by atoms with E-state index in [1.165, 1.54) is 4.90 Å². The Hall–Kier alpha value is -2.87. The molecule has 2 atom stereocenters. The molecule has 0 aliphatic rings. The molecule has 0 fully saturated rings. The van der Waals surface area contributed by atoms with Crippen molar-refractivity contribution in [1.29, 1.82) is 0 Å².